The molecule has 5 aromatic heterocycles. The van der Waals surface area contributed by atoms with E-state index in [0.717, 1.165) is 18.2 Å². The van der Waals surface area contributed by atoms with E-state index in [2.05, 4.69) is 46.7 Å². The quantitative estimate of drug-likeness (QED) is 0.0870. The number of hydrogen-bond acceptors (Lipinski definition) is 13. The monoisotopic (exact) mass is 732 g/mol. The summed E-state index contributed by atoms with van der Waals surface area (Å²) in [6, 6.07) is 16.8. The highest BCUT2D eigenvalue weighted by atomic mass is 32.1. The average molecular weight is 733 g/mol. The molecule has 5 heterocycles. The molecule has 1 aliphatic rings. The molecule has 2 aromatic carbocycles. The summed E-state index contributed by atoms with van der Waals surface area (Å²) < 4.78 is 4.97. The zero-order valence-corrected chi connectivity index (χ0v) is 28.8. The number of aryl methyl sites for hydroxylation is 1. The molecule has 1 saturated carbocycles. The first-order valence-electron chi connectivity index (χ1n) is 15.9. The fourth-order valence-corrected chi connectivity index (χ4v) is 7.03. The predicted molar refractivity (Wildman–Crippen MR) is 201 cm³/mol. The number of nitrogens with one attached hydrogen (secondary N) is 5. The maximum atomic E-state index is 13.9. The second-order valence-corrected chi connectivity index (χ2v) is 13.5. The summed E-state index contributed by atoms with van der Waals surface area (Å²) in [4.78, 5) is 60.0. The van der Waals surface area contributed by atoms with Crippen LogP contribution in [0.2, 0.25) is 0 Å². The highest BCUT2D eigenvalue weighted by Gasteiger charge is 2.27. The molecule has 0 bridgehead atoms. The molecule has 7 aromatic rings. The molecule has 1 aliphatic carbocycles. The van der Waals surface area contributed by atoms with E-state index in [4.69, 9.17) is 15.2 Å². The van der Waals surface area contributed by atoms with Gasteiger partial charge in [-0.15, -0.1) is 22.7 Å². The maximum Gasteiger partial charge on any atom is 0.324 e. The Morgan fingerprint density at radius 2 is 1.54 bits per heavy atom. The summed E-state index contributed by atoms with van der Waals surface area (Å²) in [5, 5.41) is 22.6. The van der Waals surface area contributed by atoms with Gasteiger partial charge >= 0.3 is 12.1 Å². The van der Waals surface area contributed by atoms with Crippen LogP contribution in [-0.4, -0.2) is 49.1 Å². The van der Waals surface area contributed by atoms with Gasteiger partial charge in [-0.25, -0.2) is 24.5 Å². The molecule has 8 rings (SSSR count). The molecule has 5 amide bonds. The Morgan fingerprint density at radius 3 is 2.25 bits per heavy atom. The van der Waals surface area contributed by atoms with Crippen molar-refractivity contribution in [3.05, 3.63) is 89.1 Å². The third-order valence-corrected chi connectivity index (χ3v) is 9.60. The lowest BCUT2D eigenvalue weighted by molar-refractivity contribution is 0.102. The first kappa shape index (κ1) is 32.5. The lowest BCUT2D eigenvalue weighted by atomic mass is 10.1. The number of amides is 5. The smallest absolute Gasteiger partial charge is 0.324 e. The molecular formula is C34H28N12O4S2. The van der Waals surface area contributed by atoms with Gasteiger partial charge in [0, 0.05) is 40.2 Å². The van der Waals surface area contributed by atoms with Crippen LogP contribution in [0.15, 0.2) is 82.3 Å². The Balaban J connectivity index is 1.10. The van der Waals surface area contributed by atoms with Gasteiger partial charge in [-0.1, -0.05) is 5.16 Å². The molecule has 260 valence electrons. The number of carbonyl (C=O) groups excluding carboxylic acids is 3. The van der Waals surface area contributed by atoms with Crippen LogP contribution in [0, 0.1) is 6.92 Å². The van der Waals surface area contributed by atoms with Gasteiger partial charge in [-0.05, 0) is 79.7 Å². The summed E-state index contributed by atoms with van der Waals surface area (Å²) in [5.74, 6) is 1.37. The summed E-state index contributed by atoms with van der Waals surface area (Å²) in [7, 11) is 0. The van der Waals surface area contributed by atoms with Crippen molar-refractivity contribution >= 4 is 107 Å². The highest BCUT2D eigenvalue weighted by Crippen LogP contribution is 2.42. The molecule has 16 nitrogen and oxygen atoms in total. The van der Waals surface area contributed by atoms with E-state index < -0.39 is 11.9 Å². The summed E-state index contributed by atoms with van der Waals surface area (Å²) in [5.41, 5.74) is 8.77. The topological polar surface area (TPSA) is 218 Å². The van der Waals surface area contributed by atoms with E-state index in [1.807, 2.05) is 23.6 Å². The standard InChI is InChI=1S/C34H28N12O4S2/c1-17-14-25(45-50-17)42-34(49)41-20-4-2-18(3-5-20)38-29(47)24-15-52-31-26(24)28(36-16-37-31)46(27-23-12-13-51-30(23)44-32(35)43-27)22-10-8-21(9-11-22)40-33(48)39-19-6-7-19/h2-5,8-16,19H,6-7H2,1H3,(H,38,47)(H2,35,43,44)(H2,39,40,48)(H2,41,42,45,49). The maximum absolute atomic E-state index is 13.9. The van der Waals surface area contributed by atoms with Crippen LogP contribution in [-0.2, 0) is 0 Å². The van der Waals surface area contributed by atoms with E-state index >= 15 is 0 Å². The minimum Gasteiger partial charge on any atom is -0.368 e. The first-order chi connectivity index (χ1) is 25.3. The number of fused-ring (bicyclic) bond motifs is 2. The van der Waals surface area contributed by atoms with Gasteiger partial charge < -0.3 is 31.5 Å². The number of carbonyl (C=O) groups is 3. The second kappa shape index (κ2) is 13.6. The van der Waals surface area contributed by atoms with Crippen LogP contribution in [0.4, 0.5) is 55.7 Å². The van der Waals surface area contributed by atoms with Crippen LogP contribution in [0.1, 0.15) is 29.0 Å². The van der Waals surface area contributed by atoms with E-state index in [1.165, 1.54) is 29.0 Å². The molecule has 7 N–H and O–H groups in total. The van der Waals surface area contributed by atoms with Gasteiger partial charge in [0.05, 0.1) is 16.3 Å². The van der Waals surface area contributed by atoms with E-state index in [1.54, 1.807) is 59.7 Å². The van der Waals surface area contributed by atoms with E-state index in [0.29, 0.717) is 60.8 Å². The Hall–Kier alpha value is -6.66. The van der Waals surface area contributed by atoms with Crippen molar-refractivity contribution in [1.82, 2.24) is 30.4 Å². The lowest BCUT2D eigenvalue weighted by Crippen LogP contribution is -2.30. The van der Waals surface area contributed by atoms with Crippen LogP contribution in [0.3, 0.4) is 0 Å². The molecule has 0 aliphatic heterocycles. The number of anilines is 8. The molecule has 18 heteroatoms. The number of urea groups is 2. The first-order valence-corrected chi connectivity index (χ1v) is 17.7. The van der Waals surface area contributed by atoms with Crippen molar-refractivity contribution in [2.75, 3.05) is 31.9 Å². The van der Waals surface area contributed by atoms with Gasteiger partial charge in [-0.2, -0.15) is 4.98 Å². The van der Waals surface area contributed by atoms with E-state index in [-0.39, 0.29) is 23.8 Å². The number of benzene rings is 2. The van der Waals surface area contributed by atoms with Crippen LogP contribution < -0.4 is 37.2 Å². The van der Waals surface area contributed by atoms with Gasteiger partial charge in [0.15, 0.2) is 17.5 Å². The van der Waals surface area contributed by atoms with Crippen LogP contribution in [0.5, 0.6) is 0 Å². The number of rotatable bonds is 9. The number of nitrogens with zero attached hydrogens (tertiary/aromatic N) is 6. The normalized spacial score (nSPS) is 12.4. The van der Waals surface area contributed by atoms with Crippen molar-refractivity contribution in [3.63, 3.8) is 0 Å². The fraction of sp³-hybridized carbons (Fsp3) is 0.118. The second-order valence-electron chi connectivity index (χ2n) is 11.8. The van der Waals surface area contributed by atoms with Crippen LogP contribution >= 0.6 is 22.7 Å². The minimum absolute atomic E-state index is 0.0715. The highest BCUT2D eigenvalue weighted by molar-refractivity contribution is 7.17. The Morgan fingerprint density at radius 1 is 0.827 bits per heavy atom. The molecular weight excluding hydrogens is 705 g/mol. The van der Waals surface area contributed by atoms with Crippen molar-refractivity contribution in [1.29, 1.82) is 0 Å². The summed E-state index contributed by atoms with van der Waals surface area (Å²) in [6.07, 6.45) is 3.39. The lowest BCUT2D eigenvalue weighted by Gasteiger charge is -2.25. The molecule has 0 radical (unpaired) electrons. The van der Waals surface area contributed by atoms with Crippen LogP contribution in [0.25, 0.3) is 20.4 Å². The third kappa shape index (κ3) is 6.87. The van der Waals surface area contributed by atoms with Crippen molar-refractivity contribution < 1.29 is 18.9 Å². The Kier molecular flexibility index (Phi) is 8.49. The van der Waals surface area contributed by atoms with Gasteiger partial charge in [0.25, 0.3) is 5.91 Å². The predicted octanol–water partition coefficient (Wildman–Crippen LogP) is 7.22. The number of aromatic nitrogens is 5. The number of thiophene rings is 2. The SMILES string of the molecule is Cc1cc(NC(=O)Nc2ccc(NC(=O)c3csc4ncnc(N(c5ccc(NC(=O)NC6CC6)cc5)c5nc(N)nc6sccc56)c34)cc2)no1. The van der Waals surface area contributed by atoms with Gasteiger partial charge in [0.2, 0.25) is 5.95 Å². The number of hydrogen-bond donors (Lipinski definition) is 6. The number of nitrogen functional groups attached to an aromatic ring is 1. The largest absolute Gasteiger partial charge is 0.368 e. The van der Waals surface area contributed by atoms with E-state index in [9.17, 15) is 14.4 Å². The Bertz CT molecular complexity index is 2460. The zero-order chi connectivity index (χ0) is 35.8. The summed E-state index contributed by atoms with van der Waals surface area (Å²) >= 11 is 2.72. The number of nitrogens with two attached hydrogens (primary N) is 1. The molecule has 0 spiro atoms. The average Bonchev–Trinajstić information content (AvgIpc) is 3.45. The molecule has 0 saturated heterocycles. The van der Waals surface area contributed by atoms with Gasteiger partial charge in [-0.3, -0.25) is 15.0 Å². The molecule has 1 fully saturated rings. The third-order valence-electron chi connectivity index (χ3n) is 7.91. The van der Waals surface area contributed by atoms with Crippen molar-refractivity contribution in [2.45, 2.75) is 25.8 Å². The Labute approximate surface area is 302 Å². The summed E-state index contributed by atoms with van der Waals surface area (Å²) in [6.45, 7) is 1.72. The zero-order valence-electron chi connectivity index (χ0n) is 27.2. The molecule has 0 atom stereocenters. The fourth-order valence-electron chi connectivity index (χ4n) is 5.38. The molecule has 0 unspecified atom stereocenters. The van der Waals surface area contributed by atoms with Crippen molar-refractivity contribution in [3.8, 4) is 0 Å². The molecule has 52 heavy (non-hydrogen) atoms. The minimum atomic E-state index is -0.498. The van der Waals surface area contributed by atoms with Crippen molar-refractivity contribution in [2.24, 2.45) is 0 Å². The van der Waals surface area contributed by atoms with Gasteiger partial charge in [0.1, 0.15) is 21.7 Å².